The third-order valence-electron chi connectivity index (χ3n) is 4.25. The number of likely N-dealkylation sites (N-methyl/N-ethyl adjacent to an activating group) is 1. The minimum absolute atomic E-state index is 0.0350. The van der Waals surface area contributed by atoms with Crippen LogP contribution in [-0.4, -0.2) is 36.0 Å². The van der Waals surface area contributed by atoms with Gasteiger partial charge in [0.15, 0.2) is 0 Å². The van der Waals surface area contributed by atoms with Crippen LogP contribution >= 0.6 is 0 Å². The molecule has 0 unspecified atom stereocenters. The number of carbonyl (C=O) groups is 1. The van der Waals surface area contributed by atoms with Crippen LogP contribution in [0.2, 0.25) is 0 Å². The molecular formula is C20H23F3N2O2. The summed E-state index contributed by atoms with van der Waals surface area (Å²) in [4.78, 5) is 18.4. The molecule has 27 heavy (non-hydrogen) atoms. The zero-order chi connectivity index (χ0) is 20.0. The number of benzene rings is 1. The zero-order valence-corrected chi connectivity index (χ0v) is 15.5. The molecule has 0 radical (unpaired) electrons. The molecule has 4 nitrogen and oxygen atoms in total. The molecule has 2 rings (SSSR count). The highest BCUT2D eigenvalue weighted by atomic mass is 19.4. The molecule has 146 valence electrons. The van der Waals surface area contributed by atoms with Crippen molar-refractivity contribution in [3.63, 3.8) is 0 Å². The maximum Gasteiger partial charge on any atom is 0.416 e. The van der Waals surface area contributed by atoms with E-state index < -0.39 is 11.7 Å². The van der Waals surface area contributed by atoms with Crippen molar-refractivity contribution in [3.8, 4) is 5.75 Å². The van der Waals surface area contributed by atoms with Gasteiger partial charge in [0.1, 0.15) is 12.4 Å². The van der Waals surface area contributed by atoms with Crippen LogP contribution in [0, 0.1) is 5.92 Å². The molecule has 0 saturated heterocycles. The van der Waals surface area contributed by atoms with Crippen LogP contribution in [-0.2, 0) is 11.0 Å². The highest BCUT2D eigenvalue weighted by Crippen LogP contribution is 2.30. The van der Waals surface area contributed by atoms with E-state index in [1.165, 1.54) is 12.1 Å². The smallest absolute Gasteiger partial charge is 0.416 e. The fourth-order valence-electron chi connectivity index (χ4n) is 2.77. The van der Waals surface area contributed by atoms with Gasteiger partial charge >= 0.3 is 6.18 Å². The van der Waals surface area contributed by atoms with Crippen LogP contribution in [0.25, 0.3) is 0 Å². The molecule has 1 aromatic carbocycles. The van der Waals surface area contributed by atoms with Gasteiger partial charge in [-0.3, -0.25) is 9.78 Å². The van der Waals surface area contributed by atoms with Gasteiger partial charge < -0.3 is 9.64 Å². The monoisotopic (exact) mass is 380 g/mol. The first-order valence-electron chi connectivity index (χ1n) is 8.65. The van der Waals surface area contributed by atoms with Crippen LogP contribution in [0.3, 0.4) is 0 Å². The molecule has 0 aliphatic rings. The number of rotatable bonds is 7. The van der Waals surface area contributed by atoms with Gasteiger partial charge in [0.25, 0.3) is 0 Å². The Morgan fingerprint density at radius 3 is 2.22 bits per heavy atom. The number of hydrogen-bond acceptors (Lipinski definition) is 3. The molecule has 7 heteroatoms. The molecule has 1 aromatic heterocycles. The fraction of sp³-hybridized carbons (Fsp3) is 0.400. The van der Waals surface area contributed by atoms with Crippen LogP contribution in [0.1, 0.15) is 30.9 Å². The number of carbonyl (C=O) groups excluding carboxylic acids is 1. The van der Waals surface area contributed by atoms with E-state index in [1.54, 1.807) is 24.3 Å². The normalized spacial score (nSPS) is 12.7. The van der Waals surface area contributed by atoms with Gasteiger partial charge in [0, 0.05) is 19.4 Å². The van der Waals surface area contributed by atoms with E-state index in [9.17, 15) is 18.0 Å². The Bertz CT molecular complexity index is 731. The summed E-state index contributed by atoms with van der Waals surface area (Å²) >= 11 is 0. The van der Waals surface area contributed by atoms with Gasteiger partial charge in [-0.1, -0.05) is 13.8 Å². The number of nitrogens with zero attached hydrogens (tertiary/aromatic N) is 2. The van der Waals surface area contributed by atoms with Crippen LogP contribution in [0.5, 0.6) is 5.75 Å². The third-order valence-corrected chi connectivity index (χ3v) is 4.25. The van der Waals surface area contributed by atoms with Gasteiger partial charge in [-0.15, -0.1) is 0 Å². The fourth-order valence-corrected chi connectivity index (χ4v) is 2.77. The first kappa shape index (κ1) is 20.7. The molecule has 0 aliphatic carbocycles. The summed E-state index contributed by atoms with van der Waals surface area (Å²) in [6.45, 7) is 4.48. The highest BCUT2D eigenvalue weighted by Gasteiger charge is 2.30. The van der Waals surface area contributed by atoms with E-state index >= 15 is 0 Å². The Morgan fingerprint density at radius 1 is 1.11 bits per heavy atom. The minimum atomic E-state index is -4.37. The Kier molecular flexibility index (Phi) is 6.82. The maximum atomic E-state index is 12.8. The van der Waals surface area contributed by atoms with Crippen molar-refractivity contribution in [2.45, 2.75) is 25.9 Å². The van der Waals surface area contributed by atoms with Crippen molar-refractivity contribution < 1.29 is 22.7 Å². The van der Waals surface area contributed by atoms with Gasteiger partial charge in [-0.25, -0.2) is 0 Å². The molecule has 0 bridgehead atoms. The lowest BCUT2D eigenvalue weighted by Crippen LogP contribution is -2.36. The predicted octanol–water partition coefficient (Wildman–Crippen LogP) is 4.38. The number of hydrogen-bond donors (Lipinski definition) is 0. The number of aromatic nitrogens is 1. The summed E-state index contributed by atoms with van der Waals surface area (Å²) in [5.74, 6) is 0.118. The summed E-state index contributed by atoms with van der Waals surface area (Å²) in [5.41, 5.74) is 0.180. The van der Waals surface area contributed by atoms with E-state index in [2.05, 4.69) is 4.98 Å². The van der Waals surface area contributed by atoms with Crippen molar-refractivity contribution in [1.82, 2.24) is 9.88 Å². The van der Waals surface area contributed by atoms with Crippen molar-refractivity contribution in [3.05, 3.63) is 59.9 Å². The molecule has 1 amide bonds. The minimum Gasteiger partial charge on any atom is -0.492 e. The second kappa shape index (κ2) is 8.88. The second-order valence-electron chi connectivity index (χ2n) is 6.63. The van der Waals surface area contributed by atoms with E-state index in [-0.39, 0.29) is 24.3 Å². The van der Waals surface area contributed by atoms with Gasteiger partial charge in [0.05, 0.1) is 18.0 Å². The Labute approximate surface area is 157 Å². The molecule has 0 N–H and O–H groups in total. The number of alkyl halides is 3. The second-order valence-corrected chi connectivity index (χ2v) is 6.63. The Morgan fingerprint density at radius 2 is 1.70 bits per heavy atom. The molecule has 1 heterocycles. The lowest BCUT2D eigenvalue weighted by Gasteiger charge is -2.26. The van der Waals surface area contributed by atoms with E-state index in [0.29, 0.717) is 12.3 Å². The van der Waals surface area contributed by atoms with Gasteiger partial charge in [0.2, 0.25) is 5.91 Å². The summed E-state index contributed by atoms with van der Waals surface area (Å²) in [6, 6.07) is 8.16. The van der Waals surface area contributed by atoms with Crippen molar-refractivity contribution in [2.75, 3.05) is 20.2 Å². The molecule has 0 spiro atoms. The maximum absolute atomic E-state index is 12.8. The predicted molar refractivity (Wildman–Crippen MR) is 96.4 cm³/mol. The first-order chi connectivity index (χ1) is 12.7. The lowest BCUT2D eigenvalue weighted by atomic mass is 9.88. The van der Waals surface area contributed by atoms with Gasteiger partial charge in [-0.05, 0) is 47.9 Å². The molecule has 0 aliphatic heterocycles. The third kappa shape index (κ3) is 5.70. The van der Waals surface area contributed by atoms with E-state index in [4.69, 9.17) is 4.74 Å². The first-order valence-corrected chi connectivity index (χ1v) is 8.65. The van der Waals surface area contributed by atoms with Crippen LogP contribution < -0.4 is 4.74 Å². The average Bonchev–Trinajstić information content (AvgIpc) is 2.62. The summed E-state index contributed by atoms with van der Waals surface area (Å²) in [6.07, 6.45) is -1.05. The van der Waals surface area contributed by atoms with E-state index in [0.717, 1.165) is 17.7 Å². The quantitative estimate of drug-likeness (QED) is 0.716. The molecule has 2 aromatic rings. The molecule has 0 saturated carbocycles. The SMILES string of the molecule is CC(C)[C@@H](C(=O)N(C)CCOc1ccc(C(F)(F)F)cc1)c1ccncc1. The molecule has 0 fully saturated rings. The van der Waals surface area contributed by atoms with Crippen molar-refractivity contribution >= 4 is 5.91 Å². The number of pyridine rings is 1. The lowest BCUT2D eigenvalue weighted by molar-refractivity contribution is -0.137. The zero-order valence-electron chi connectivity index (χ0n) is 15.5. The number of ether oxygens (including phenoxy) is 1. The van der Waals surface area contributed by atoms with Crippen molar-refractivity contribution in [1.29, 1.82) is 0 Å². The highest BCUT2D eigenvalue weighted by molar-refractivity contribution is 5.83. The van der Waals surface area contributed by atoms with Gasteiger partial charge in [-0.2, -0.15) is 13.2 Å². The summed E-state index contributed by atoms with van der Waals surface area (Å²) < 4.78 is 43.1. The Hall–Kier alpha value is -2.57. The van der Waals surface area contributed by atoms with E-state index in [1.807, 2.05) is 26.0 Å². The van der Waals surface area contributed by atoms with Crippen LogP contribution in [0.15, 0.2) is 48.8 Å². The molecular weight excluding hydrogens is 357 g/mol. The number of halogens is 3. The Balaban J connectivity index is 1.92. The average molecular weight is 380 g/mol. The van der Waals surface area contributed by atoms with Crippen LogP contribution in [0.4, 0.5) is 13.2 Å². The number of amides is 1. The standard InChI is InChI=1S/C20H23F3N2O2/c1-14(2)18(15-8-10-24-11-9-15)19(26)25(3)12-13-27-17-6-4-16(5-7-17)20(21,22)23/h4-11,14,18H,12-13H2,1-3H3/t18-/m1/s1. The summed E-state index contributed by atoms with van der Waals surface area (Å²) in [5, 5.41) is 0. The summed E-state index contributed by atoms with van der Waals surface area (Å²) in [7, 11) is 1.69. The van der Waals surface area contributed by atoms with Crippen molar-refractivity contribution in [2.24, 2.45) is 5.92 Å². The molecule has 1 atom stereocenters. The largest absolute Gasteiger partial charge is 0.492 e. The topological polar surface area (TPSA) is 42.4 Å².